The molecule has 10 heteroatoms. The second-order valence-corrected chi connectivity index (χ2v) is 7.77. The van der Waals surface area contributed by atoms with Gasteiger partial charge in [0.15, 0.2) is 5.16 Å². The number of non-ortho nitro benzene ring substituents is 1. The molecule has 31 heavy (non-hydrogen) atoms. The van der Waals surface area contributed by atoms with Crippen molar-refractivity contribution >= 4 is 29.0 Å². The monoisotopic (exact) mass is 441 g/mol. The molecule has 2 aromatic carbocycles. The van der Waals surface area contributed by atoms with Gasteiger partial charge in [0.05, 0.1) is 11.1 Å². The van der Waals surface area contributed by atoms with E-state index in [2.05, 4.69) is 9.88 Å². The minimum absolute atomic E-state index is 0.0521. The fourth-order valence-corrected chi connectivity index (χ4v) is 4.13. The number of nitrogens with zero attached hydrogens (tertiary/aromatic N) is 5. The molecular weight excluding hydrogens is 421 g/mol. The van der Waals surface area contributed by atoms with Crippen molar-refractivity contribution in [3.8, 4) is 5.69 Å². The average Bonchev–Trinajstić information content (AvgIpc) is 3.23. The van der Waals surface area contributed by atoms with Crippen LogP contribution in [0.1, 0.15) is 10.5 Å². The maximum atomic E-state index is 13.4. The number of carbonyl (C=O) groups is 1. The number of imidazole rings is 1. The molecule has 0 aliphatic carbocycles. The number of piperazine rings is 1. The molecule has 0 radical (unpaired) electrons. The van der Waals surface area contributed by atoms with Crippen LogP contribution in [-0.2, 0) is 0 Å². The highest BCUT2D eigenvalue weighted by molar-refractivity contribution is 7.98. The molecule has 2 heterocycles. The molecule has 4 rings (SSSR count). The van der Waals surface area contributed by atoms with Gasteiger partial charge in [0, 0.05) is 49.7 Å². The summed E-state index contributed by atoms with van der Waals surface area (Å²) in [5.74, 6) is -0.481. The van der Waals surface area contributed by atoms with Gasteiger partial charge in [-0.15, -0.1) is 0 Å². The lowest BCUT2D eigenvalue weighted by atomic mass is 10.2. The maximum absolute atomic E-state index is 13.4. The number of amides is 1. The minimum Gasteiger partial charge on any atom is -0.368 e. The van der Waals surface area contributed by atoms with Crippen molar-refractivity contribution in [2.45, 2.75) is 5.16 Å². The van der Waals surface area contributed by atoms with Crippen LogP contribution in [0.2, 0.25) is 0 Å². The summed E-state index contributed by atoms with van der Waals surface area (Å²) in [6.07, 6.45) is 3.43. The molecule has 1 amide bonds. The van der Waals surface area contributed by atoms with Crippen molar-refractivity contribution in [2.24, 2.45) is 0 Å². The molecule has 0 saturated carbocycles. The zero-order valence-corrected chi connectivity index (χ0v) is 17.6. The van der Waals surface area contributed by atoms with E-state index in [1.54, 1.807) is 39.9 Å². The third-order valence-corrected chi connectivity index (χ3v) is 5.86. The van der Waals surface area contributed by atoms with E-state index in [1.165, 1.54) is 36.0 Å². The first-order chi connectivity index (χ1) is 15.0. The number of halogens is 1. The van der Waals surface area contributed by atoms with Gasteiger partial charge in [-0.25, -0.2) is 9.37 Å². The summed E-state index contributed by atoms with van der Waals surface area (Å²) in [5, 5.41) is 11.5. The van der Waals surface area contributed by atoms with E-state index in [1.807, 2.05) is 6.26 Å². The molecule has 0 bridgehead atoms. The molecule has 1 aliphatic rings. The van der Waals surface area contributed by atoms with Crippen molar-refractivity contribution < 1.29 is 14.1 Å². The Morgan fingerprint density at radius 2 is 1.65 bits per heavy atom. The SMILES string of the molecule is CSc1ncc(C(=O)N2CCN(c3ccc([N+](=O)[O-])cc3)CC2)n1-c1ccc(F)cc1. The molecule has 1 saturated heterocycles. The van der Waals surface area contributed by atoms with E-state index in [-0.39, 0.29) is 17.4 Å². The van der Waals surface area contributed by atoms with Crippen molar-refractivity contribution in [3.05, 3.63) is 76.4 Å². The Kier molecular flexibility index (Phi) is 5.90. The van der Waals surface area contributed by atoms with Crippen LogP contribution >= 0.6 is 11.8 Å². The van der Waals surface area contributed by atoms with E-state index in [9.17, 15) is 19.3 Å². The van der Waals surface area contributed by atoms with Crippen LogP contribution in [-0.4, -0.2) is 57.7 Å². The van der Waals surface area contributed by atoms with Crippen LogP contribution in [0.25, 0.3) is 5.69 Å². The lowest BCUT2D eigenvalue weighted by Gasteiger charge is -2.36. The van der Waals surface area contributed by atoms with E-state index in [4.69, 9.17) is 0 Å². The lowest BCUT2D eigenvalue weighted by Crippen LogP contribution is -2.49. The van der Waals surface area contributed by atoms with Gasteiger partial charge in [-0.05, 0) is 42.7 Å². The van der Waals surface area contributed by atoms with E-state index >= 15 is 0 Å². The number of carbonyl (C=O) groups excluding carboxylic acids is 1. The van der Waals surface area contributed by atoms with Crippen molar-refractivity contribution in [1.82, 2.24) is 14.5 Å². The van der Waals surface area contributed by atoms with Gasteiger partial charge in [-0.1, -0.05) is 11.8 Å². The Balaban J connectivity index is 1.50. The summed E-state index contributed by atoms with van der Waals surface area (Å²) in [4.78, 5) is 31.9. The second kappa shape index (κ2) is 8.76. The molecule has 0 unspecified atom stereocenters. The Labute approximate surface area is 182 Å². The topological polar surface area (TPSA) is 84.5 Å². The van der Waals surface area contributed by atoms with Gasteiger partial charge in [0.2, 0.25) is 0 Å². The van der Waals surface area contributed by atoms with Gasteiger partial charge < -0.3 is 9.80 Å². The number of aromatic nitrogens is 2. The fourth-order valence-electron chi connectivity index (χ4n) is 3.58. The van der Waals surface area contributed by atoms with E-state index in [0.717, 1.165) is 5.69 Å². The van der Waals surface area contributed by atoms with Gasteiger partial charge in [-0.3, -0.25) is 19.5 Å². The normalized spacial score (nSPS) is 14.0. The summed E-state index contributed by atoms with van der Waals surface area (Å²) in [7, 11) is 0. The highest BCUT2D eigenvalue weighted by Gasteiger charge is 2.26. The Bertz CT molecular complexity index is 1090. The quantitative estimate of drug-likeness (QED) is 0.342. The first-order valence-electron chi connectivity index (χ1n) is 9.64. The average molecular weight is 441 g/mol. The molecular formula is C21H20FN5O3S. The van der Waals surface area contributed by atoms with Crippen LogP contribution in [0.5, 0.6) is 0 Å². The van der Waals surface area contributed by atoms with Crippen LogP contribution in [0.15, 0.2) is 59.9 Å². The van der Waals surface area contributed by atoms with Crippen LogP contribution < -0.4 is 4.90 Å². The Hall–Kier alpha value is -3.40. The highest BCUT2D eigenvalue weighted by atomic mass is 32.2. The molecule has 1 aliphatic heterocycles. The lowest BCUT2D eigenvalue weighted by molar-refractivity contribution is -0.384. The van der Waals surface area contributed by atoms with E-state index in [0.29, 0.717) is 42.7 Å². The second-order valence-electron chi connectivity index (χ2n) is 6.99. The number of thioether (sulfide) groups is 1. The third-order valence-electron chi connectivity index (χ3n) is 5.21. The third kappa shape index (κ3) is 4.24. The zero-order valence-electron chi connectivity index (χ0n) is 16.8. The van der Waals surface area contributed by atoms with Crippen molar-refractivity contribution in [1.29, 1.82) is 0 Å². The Morgan fingerprint density at radius 1 is 1.03 bits per heavy atom. The molecule has 1 aromatic heterocycles. The molecule has 0 spiro atoms. The molecule has 0 N–H and O–H groups in total. The standard InChI is InChI=1S/C21H20FN5O3S/c1-31-21-23-14-19(26(21)17-4-2-15(22)3-5-17)20(28)25-12-10-24(11-13-25)16-6-8-18(9-7-16)27(29)30/h2-9,14H,10-13H2,1H3. The predicted octanol–water partition coefficient (Wildman–Crippen LogP) is 3.60. The number of anilines is 1. The molecule has 160 valence electrons. The van der Waals surface area contributed by atoms with Crippen LogP contribution in [0, 0.1) is 15.9 Å². The summed E-state index contributed by atoms with van der Waals surface area (Å²) in [6, 6.07) is 12.4. The van der Waals surface area contributed by atoms with Crippen LogP contribution in [0.3, 0.4) is 0 Å². The molecule has 0 atom stereocenters. The fraction of sp³-hybridized carbons (Fsp3) is 0.238. The number of nitro benzene ring substituents is 1. The Morgan fingerprint density at radius 3 is 2.23 bits per heavy atom. The number of hydrogen-bond acceptors (Lipinski definition) is 6. The number of hydrogen-bond donors (Lipinski definition) is 0. The first kappa shape index (κ1) is 20.9. The summed E-state index contributed by atoms with van der Waals surface area (Å²) in [6.45, 7) is 2.26. The number of benzene rings is 2. The van der Waals surface area contributed by atoms with E-state index < -0.39 is 4.92 Å². The zero-order chi connectivity index (χ0) is 22.0. The van der Waals surface area contributed by atoms with Gasteiger partial charge >= 0.3 is 0 Å². The summed E-state index contributed by atoms with van der Waals surface area (Å²) < 4.78 is 15.1. The van der Waals surface area contributed by atoms with Crippen LogP contribution in [0.4, 0.5) is 15.8 Å². The summed E-state index contributed by atoms with van der Waals surface area (Å²) in [5.41, 5.74) is 2.05. The van der Waals surface area contributed by atoms with Gasteiger partial charge in [0.25, 0.3) is 11.6 Å². The number of rotatable bonds is 5. The molecule has 1 fully saturated rings. The number of nitro groups is 1. The predicted molar refractivity (Wildman–Crippen MR) is 117 cm³/mol. The van der Waals surface area contributed by atoms with Gasteiger partial charge in [-0.2, -0.15) is 0 Å². The van der Waals surface area contributed by atoms with Crippen molar-refractivity contribution in [2.75, 3.05) is 37.3 Å². The maximum Gasteiger partial charge on any atom is 0.272 e. The first-order valence-corrected chi connectivity index (χ1v) is 10.9. The largest absolute Gasteiger partial charge is 0.368 e. The molecule has 8 nitrogen and oxygen atoms in total. The highest BCUT2D eigenvalue weighted by Crippen LogP contribution is 2.25. The van der Waals surface area contributed by atoms with Gasteiger partial charge in [0.1, 0.15) is 11.5 Å². The smallest absolute Gasteiger partial charge is 0.272 e. The van der Waals surface area contributed by atoms with Crippen molar-refractivity contribution in [3.63, 3.8) is 0 Å². The molecule has 3 aromatic rings. The minimum atomic E-state index is -0.423. The summed E-state index contributed by atoms with van der Waals surface area (Å²) >= 11 is 1.41.